The van der Waals surface area contributed by atoms with Crippen LogP contribution in [0.1, 0.15) is 18.4 Å². The number of aliphatic hydroxyl groups is 1. The molecule has 3 heteroatoms. The molecule has 1 aliphatic rings. The molecule has 0 aromatic heterocycles. The second kappa shape index (κ2) is 5.32. The maximum Gasteiger partial charge on any atom is 0.0698 e. The highest BCUT2D eigenvalue weighted by Gasteiger charge is 2.24. The number of hydrogen-bond acceptors (Lipinski definition) is 3. The van der Waals surface area contributed by atoms with E-state index in [4.69, 9.17) is 9.84 Å². The molecule has 1 heterocycles. The van der Waals surface area contributed by atoms with E-state index < -0.39 is 0 Å². The van der Waals surface area contributed by atoms with Crippen LogP contribution in [0.2, 0.25) is 0 Å². The van der Waals surface area contributed by atoms with E-state index >= 15 is 0 Å². The first-order chi connectivity index (χ1) is 7.83. The summed E-state index contributed by atoms with van der Waals surface area (Å²) >= 11 is 0. The summed E-state index contributed by atoms with van der Waals surface area (Å²) in [5.41, 5.74) is 2.77. The molecule has 3 nitrogen and oxygen atoms in total. The highest BCUT2D eigenvalue weighted by Crippen LogP contribution is 2.35. The van der Waals surface area contributed by atoms with Crippen LogP contribution in [0.15, 0.2) is 24.3 Å². The molecule has 0 saturated heterocycles. The lowest BCUT2D eigenvalue weighted by molar-refractivity contribution is 0.0968. The first kappa shape index (κ1) is 11.4. The van der Waals surface area contributed by atoms with Gasteiger partial charge in [-0.25, -0.2) is 0 Å². The fourth-order valence-corrected chi connectivity index (χ4v) is 2.27. The molecule has 1 aromatic rings. The van der Waals surface area contributed by atoms with Crippen molar-refractivity contribution in [2.75, 3.05) is 37.8 Å². The molecule has 2 rings (SSSR count). The average molecular weight is 221 g/mol. The van der Waals surface area contributed by atoms with Crippen LogP contribution in [0.4, 0.5) is 5.69 Å². The van der Waals surface area contributed by atoms with Gasteiger partial charge in [-0.1, -0.05) is 25.1 Å². The zero-order valence-corrected chi connectivity index (χ0v) is 9.72. The van der Waals surface area contributed by atoms with E-state index in [1.807, 2.05) is 0 Å². The third-order valence-electron chi connectivity index (χ3n) is 3.04. The molecule has 0 fully saturated rings. The molecule has 1 unspecified atom stereocenters. The monoisotopic (exact) mass is 221 g/mol. The molecule has 88 valence electrons. The second-order valence-corrected chi connectivity index (χ2v) is 4.24. The van der Waals surface area contributed by atoms with Crippen LogP contribution in [0.25, 0.3) is 0 Å². The number of anilines is 1. The first-order valence-corrected chi connectivity index (χ1v) is 5.85. The van der Waals surface area contributed by atoms with Crippen molar-refractivity contribution in [2.24, 2.45) is 0 Å². The normalized spacial score (nSPS) is 18.9. The Labute approximate surface area is 96.6 Å². The van der Waals surface area contributed by atoms with Gasteiger partial charge in [0.1, 0.15) is 0 Å². The summed E-state index contributed by atoms with van der Waals surface area (Å²) in [6, 6.07) is 8.55. The van der Waals surface area contributed by atoms with Crippen LogP contribution < -0.4 is 4.90 Å². The van der Waals surface area contributed by atoms with Gasteiger partial charge in [0.05, 0.1) is 19.8 Å². The summed E-state index contributed by atoms with van der Waals surface area (Å²) in [5, 5.41) is 8.62. The van der Waals surface area contributed by atoms with Crippen LogP contribution in [-0.2, 0) is 4.74 Å². The second-order valence-electron chi connectivity index (χ2n) is 4.24. The zero-order chi connectivity index (χ0) is 11.4. The van der Waals surface area contributed by atoms with Crippen molar-refractivity contribution in [3.05, 3.63) is 29.8 Å². The van der Waals surface area contributed by atoms with Crippen molar-refractivity contribution >= 4 is 5.69 Å². The van der Waals surface area contributed by atoms with Crippen molar-refractivity contribution in [2.45, 2.75) is 12.8 Å². The minimum atomic E-state index is 0.104. The van der Waals surface area contributed by atoms with Crippen LogP contribution in [0.5, 0.6) is 0 Å². The van der Waals surface area contributed by atoms with E-state index in [1.54, 1.807) is 0 Å². The Balaban J connectivity index is 1.93. The molecule has 0 spiro atoms. The van der Waals surface area contributed by atoms with Crippen LogP contribution in [0.3, 0.4) is 0 Å². The fraction of sp³-hybridized carbons (Fsp3) is 0.538. The van der Waals surface area contributed by atoms with E-state index in [9.17, 15) is 0 Å². The number of para-hydroxylation sites is 1. The molecule has 1 N–H and O–H groups in total. The number of hydrogen-bond donors (Lipinski definition) is 1. The lowest BCUT2D eigenvalue weighted by Gasteiger charge is -2.19. The minimum absolute atomic E-state index is 0.104. The lowest BCUT2D eigenvalue weighted by atomic mass is 10.0. The third-order valence-corrected chi connectivity index (χ3v) is 3.04. The summed E-state index contributed by atoms with van der Waals surface area (Å²) < 4.78 is 5.30. The van der Waals surface area contributed by atoms with Crippen molar-refractivity contribution < 1.29 is 9.84 Å². The Kier molecular flexibility index (Phi) is 3.80. The van der Waals surface area contributed by atoms with Gasteiger partial charge in [-0.3, -0.25) is 0 Å². The topological polar surface area (TPSA) is 32.7 Å². The zero-order valence-electron chi connectivity index (χ0n) is 9.72. The smallest absolute Gasteiger partial charge is 0.0698 e. The maximum absolute atomic E-state index is 8.62. The summed E-state index contributed by atoms with van der Waals surface area (Å²) in [5.74, 6) is 0.606. The van der Waals surface area contributed by atoms with Gasteiger partial charge >= 0.3 is 0 Å². The van der Waals surface area contributed by atoms with Gasteiger partial charge in [-0.15, -0.1) is 0 Å². The summed E-state index contributed by atoms with van der Waals surface area (Å²) in [4.78, 5) is 2.36. The number of nitrogens with zero attached hydrogens (tertiary/aromatic N) is 1. The predicted octanol–water partition coefficient (Wildman–Crippen LogP) is 1.62. The lowest BCUT2D eigenvalue weighted by Crippen LogP contribution is -2.26. The molecule has 0 amide bonds. The van der Waals surface area contributed by atoms with Crippen LogP contribution >= 0.6 is 0 Å². The van der Waals surface area contributed by atoms with E-state index in [-0.39, 0.29) is 6.61 Å². The quantitative estimate of drug-likeness (QED) is 0.767. The third kappa shape index (κ3) is 2.36. The maximum atomic E-state index is 8.62. The van der Waals surface area contributed by atoms with Gasteiger partial charge in [0.15, 0.2) is 0 Å². The molecule has 1 atom stereocenters. The van der Waals surface area contributed by atoms with Crippen LogP contribution in [0, 0.1) is 0 Å². The van der Waals surface area contributed by atoms with Gasteiger partial charge < -0.3 is 14.7 Å². The Hall–Kier alpha value is -1.06. The highest BCUT2D eigenvalue weighted by molar-refractivity contribution is 5.59. The molecule has 0 aliphatic carbocycles. The van der Waals surface area contributed by atoms with Crippen molar-refractivity contribution in [1.29, 1.82) is 0 Å². The largest absolute Gasteiger partial charge is 0.394 e. The van der Waals surface area contributed by atoms with Crippen molar-refractivity contribution in [1.82, 2.24) is 0 Å². The van der Waals surface area contributed by atoms with E-state index in [1.165, 1.54) is 11.3 Å². The standard InChI is InChI=1S/C13H19NO2/c1-11-10-14(6-8-16-9-7-15)13-5-3-2-4-12(11)13/h2-5,11,15H,6-10H2,1H3. The first-order valence-electron chi connectivity index (χ1n) is 5.85. The molecular formula is C13H19NO2. The average Bonchev–Trinajstić information content (AvgIpc) is 2.63. The predicted molar refractivity (Wildman–Crippen MR) is 65.0 cm³/mol. The Morgan fingerprint density at radius 1 is 1.38 bits per heavy atom. The van der Waals surface area contributed by atoms with E-state index in [0.29, 0.717) is 19.1 Å². The summed E-state index contributed by atoms with van der Waals surface area (Å²) in [6.07, 6.45) is 0. The van der Waals surface area contributed by atoms with Crippen molar-refractivity contribution in [3.8, 4) is 0 Å². The number of ether oxygens (including phenoxy) is 1. The minimum Gasteiger partial charge on any atom is -0.394 e. The number of fused-ring (bicyclic) bond motifs is 1. The van der Waals surface area contributed by atoms with E-state index in [0.717, 1.165) is 13.1 Å². The number of aliphatic hydroxyl groups excluding tert-OH is 1. The van der Waals surface area contributed by atoms with Gasteiger partial charge in [0.25, 0.3) is 0 Å². The highest BCUT2D eigenvalue weighted by atomic mass is 16.5. The summed E-state index contributed by atoms with van der Waals surface area (Å²) in [7, 11) is 0. The fourth-order valence-electron chi connectivity index (χ4n) is 2.27. The van der Waals surface area contributed by atoms with Gasteiger partial charge in [-0.2, -0.15) is 0 Å². The van der Waals surface area contributed by atoms with E-state index in [2.05, 4.69) is 36.1 Å². The number of rotatable bonds is 5. The Morgan fingerprint density at radius 3 is 3.00 bits per heavy atom. The number of benzene rings is 1. The molecule has 1 aromatic carbocycles. The van der Waals surface area contributed by atoms with Gasteiger partial charge in [0, 0.05) is 24.7 Å². The molecule has 16 heavy (non-hydrogen) atoms. The van der Waals surface area contributed by atoms with Crippen LogP contribution in [-0.4, -0.2) is 38.0 Å². The van der Waals surface area contributed by atoms with Gasteiger partial charge in [0.2, 0.25) is 0 Å². The molecule has 0 saturated carbocycles. The summed E-state index contributed by atoms with van der Waals surface area (Å²) in [6.45, 7) is 5.45. The SMILES string of the molecule is CC1CN(CCOCCO)c2ccccc21. The van der Waals surface area contributed by atoms with Gasteiger partial charge in [-0.05, 0) is 11.6 Å². The molecule has 0 bridgehead atoms. The Bertz CT molecular complexity index is 340. The molecule has 1 aliphatic heterocycles. The van der Waals surface area contributed by atoms with Crippen molar-refractivity contribution in [3.63, 3.8) is 0 Å². The molecule has 0 radical (unpaired) electrons. The molecular weight excluding hydrogens is 202 g/mol. The Morgan fingerprint density at radius 2 is 2.19 bits per heavy atom.